The van der Waals surface area contributed by atoms with Crippen LogP contribution in [0.15, 0.2) is 18.2 Å². The van der Waals surface area contributed by atoms with Gasteiger partial charge in [-0.25, -0.2) is 4.39 Å². The number of hydrogen-bond donors (Lipinski definition) is 2. The van der Waals surface area contributed by atoms with Crippen LogP contribution in [-0.4, -0.2) is 28.9 Å². The van der Waals surface area contributed by atoms with Crippen molar-refractivity contribution in [2.45, 2.75) is 38.4 Å². The lowest BCUT2D eigenvalue weighted by Crippen LogP contribution is -2.46. The quantitative estimate of drug-likeness (QED) is 0.849. The number of aliphatic hydroxyl groups is 2. The fraction of sp³-hybridized carbons (Fsp3) is 0.571. The Morgan fingerprint density at radius 2 is 2.17 bits per heavy atom. The molecule has 0 radical (unpaired) electrons. The first-order valence-corrected chi connectivity index (χ1v) is 6.34. The van der Waals surface area contributed by atoms with Gasteiger partial charge in [-0.3, -0.25) is 0 Å². The Balaban J connectivity index is 2.38. The Bertz CT molecular complexity index is 432. The Kier molecular flexibility index (Phi) is 3.59. The number of halogens is 1. The lowest BCUT2D eigenvalue weighted by atomic mass is 9.93. The molecule has 18 heavy (non-hydrogen) atoms. The van der Waals surface area contributed by atoms with Crippen LogP contribution in [0, 0.1) is 5.82 Å². The van der Waals surface area contributed by atoms with Gasteiger partial charge in [0.05, 0.1) is 17.4 Å². The Morgan fingerprint density at radius 3 is 2.78 bits per heavy atom. The standard InChI is InChI=1S/C14H20FNO2/c1-10(17)11-5-3-6-12(15)13(11)16-8-4-7-14(2,18)9-16/h3,5-6,10,17-18H,4,7-9H2,1-2H3. The molecule has 100 valence electrons. The summed E-state index contributed by atoms with van der Waals surface area (Å²) in [6.07, 6.45) is 0.824. The van der Waals surface area contributed by atoms with Crippen LogP contribution < -0.4 is 4.90 Å². The number of nitrogens with zero attached hydrogens (tertiary/aromatic N) is 1. The molecule has 0 amide bonds. The predicted molar refractivity (Wildman–Crippen MR) is 69.1 cm³/mol. The van der Waals surface area contributed by atoms with E-state index in [1.165, 1.54) is 6.07 Å². The van der Waals surface area contributed by atoms with Crippen molar-refractivity contribution in [3.05, 3.63) is 29.6 Å². The fourth-order valence-electron chi connectivity index (χ4n) is 2.61. The zero-order valence-electron chi connectivity index (χ0n) is 10.9. The van der Waals surface area contributed by atoms with Crippen LogP contribution in [0.2, 0.25) is 0 Å². The van der Waals surface area contributed by atoms with Crippen molar-refractivity contribution >= 4 is 5.69 Å². The average Bonchev–Trinajstić information content (AvgIpc) is 2.27. The van der Waals surface area contributed by atoms with E-state index in [9.17, 15) is 14.6 Å². The third kappa shape index (κ3) is 2.65. The van der Waals surface area contributed by atoms with E-state index in [1.807, 2.05) is 4.90 Å². The zero-order chi connectivity index (χ0) is 13.3. The third-order valence-corrected chi connectivity index (χ3v) is 3.46. The first-order valence-electron chi connectivity index (χ1n) is 6.34. The Hall–Kier alpha value is -1.13. The summed E-state index contributed by atoms with van der Waals surface area (Å²) in [6.45, 7) is 4.49. The van der Waals surface area contributed by atoms with E-state index >= 15 is 0 Å². The number of β-amino-alcohol motifs (C(OH)–C–C–N with tert-alkyl or cyclic N) is 1. The topological polar surface area (TPSA) is 43.7 Å². The number of anilines is 1. The molecule has 1 aliphatic heterocycles. The van der Waals surface area contributed by atoms with Crippen LogP contribution in [0.1, 0.15) is 38.4 Å². The summed E-state index contributed by atoms with van der Waals surface area (Å²) in [5.74, 6) is -0.342. The van der Waals surface area contributed by atoms with Crippen LogP contribution in [0.3, 0.4) is 0 Å². The van der Waals surface area contributed by atoms with Crippen molar-refractivity contribution in [2.24, 2.45) is 0 Å². The van der Waals surface area contributed by atoms with Gasteiger partial charge < -0.3 is 15.1 Å². The first-order chi connectivity index (χ1) is 8.41. The van der Waals surface area contributed by atoms with Crippen molar-refractivity contribution in [1.29, 1.82) is 0 Å². The number of benzene rings is 1. The molecule has 1 fully saturated rings. The van der Waals surface area contributed by atoms with Gasteiger partial charge >= 0.3 is 0 Å². The number of hydrogen-bond acceptors (Lipinski definition) is 3. The molecule has 2 N–H and O–H groups in total. The lowest BCUT2D eigenvalue weighted by Gasteiger charge is -2.39. The second-order valence-corrected chi connectivity index (χ2v) is 5.38. The van der Waals surface area contributed by atoms with Gasteiger partial charge in [-0.1, -0.05) is 12.1 Å². The van der Waals surface area contributed by atoms with E-state index < -0.39 is 11.7 Å². The maximum Gasteiger partial charge on any atom is 0.146 e. The van der Waals surface area contributed by atoms with E-state index in [4.69, 9.17) is 0 Å². The summed E-state index contributed by atoms with van der Waals surface area (Å²) >= 11 is 0. The molecule has 1 heterocycles. The van der Waals surface area contributed by atoms with Gasteiger partial charge in [0.25, 0.3) is 0 Å². The maximum absolute atomic E-state index is 14.0. The summed E-state index contributed by atoms with van der Waals surface area (Å²) < 4.78 is 14.0. The highest BCUT2D eigenvalue weighted by molar-refractivity contribution is 5.56. The number of para-hydroxylation sites is 1. The van der Waals surface area contributed by atoms with Gasteiger partial charge in [0, 0.05) is 18.7 Å². The fourth-order valence-corrected chi connectivity index (χ4v) is 2.61. The zero-order valence-corrected chi connectivity index (χ0v) is 10.9. The van der Waals surface area contributed by atoms with E-state index in [0.717, 1.165) is 12.8 Å². The van der Waals surface area contributed by atoms with Gasteiger partial charge in [0.15, 0.2) is 0 Å². The Morgan fingerprint density at radius 1 is 1.44 bits per heavy atom. The molecular weight excluding hydrogens is 233 g/mol. The van der Waals surface area contributed by atoms with Crippen molar-refractivity contribution in [3.63, 3.8) is 0 Å². The van der Waals surface area contributed by atoms with E-state index in [0.29, 0.717) is 24.3 Å². The monoisotopic (exact) mass is 253 g/mol. The number of aliphatic hydroxyl groups excluding tert-OH is 1. The molecule has 0 aromatic heterocycles. The summed E-state index contributed by atoms with van der Waals surface area (Å²) in [6, 6.07) is 4.72. The average molecular weight is 253 g/mol. The molecule has 0 aliphatic carbocycles. The minimum Gasteiger partial charge on any atom is -0.389 e. The summed E-state index contributed by atoms with van der Waals surface area (Å²) in [4.78, 5) is 1.83. The third-order valence-electron chi connectivity index (χ3n) is 3.46. The van der Waals surface area contributed by atoms with Crippen molar-refractivity contribution in [2.75, 3.05) is 18.0 Å². The maximum atomic E-state index is 14.0. The summed E-state index contributed by atoms with van der Waals surface area (Å²) in [5.41, 5.74) is 0.205. The minimum absolute atomic E-state index is 0.342. The van der Waals surface area contributed by atoms with Crippen molar-refractivity contribution < 1.29 is 14.6 Å². The van der Waals surface area contributed by atoms with Crippen LogP contribution in [0.25, 0.3) is 0 Å². The van der Waals surface area contributed by atoms with Crippen LogP contribution in [0.5, 0.6) is 0 Å². The molecule has 1 aromatic rings. The summed E-state index contributed by atoms with van der Waals surface area (Å²) in [7, 11) is 0. The molecule has 4 heteroatoms. The number of piperidine rings is 1. The predicted octanol–water partition coefficient (Wildman–Crippen LogP) is 2.23. The number of rotatable bonds is 2. The van der Waals surface area contributed by atoms with Crippen molar-refractivity contribution in [1.82, 2.24) is 0 Å². The second-order valence-electron chi connectivity index (χ2n) is 5.38. The molecular formula is C14H20FNO2. The largest absolute Gasteiger partial charge is 0.389 e. The smallest absolute Gasteiger partial charge is 0.146 e. The van der Waals surface area contributed by atoms with Crippen LogP contribution in [-0.2, 0) is 0 Å². The molecule has 0 spiro atoms. The highest BCUT2D eigenvalue weighted by Gasteiger charge is 2.31. The second kappa shape index (κ2) is 4.86. The molecule has 3 nitrogen and oxygen atoms in total. The van der Waals surface area contributed by atoms with E-state index in [1.54, 1.807) is 26.0 Å². The van der Waals surface area contributed by atoms with E-state index in [-0.39, 0.29) is 5.82 Å². The van der Waals surface area contributed by atoms with Gasteiger partial charge in [-0.15, -0.1) is 0 Å². The van der Waals surface area contributed by atoms with Gasteiger partial charge in [-0.2, -0.15) is 0 Å². The van der Waals surface area contributed by atoms with Crippen molar-refractivity contribution in [3.8, 4) is 0 Å². The van der Waals surface area contributed by atoms with Crippen LogP contribution >= 0.6 is 0 Å². The summed E-state index contributed by atoms with van der Waals surface area (Å²) in [5, 5.41) is 19.8. The molecule has 1 saturated heterocycles. The van der Waals surface area contributed by atoms with E-state index in [2.05, 4.69) is 0 Å². The SMILES string of the molecule is CC(O)c1cccc(F)c1N1CCCC(C)(O)C1. The lowest BCUT2D eigenvalue weighted by molar-refractivity contribution is 0.0445. The van der Waals surface area contributed by atoms with Gasteiger partial charge in [-0.05, 0) is 32.8 Å². The highest BCUT2D eigenvalue weighted by Crippen LogP contribution is 2.33. The highest BCUT2D eigenvalue weighted by atomic mass is 19.1. The molecule has 0 saturated carbocycles. The normalized spacial score (nSPS) is 26.2. The first kappa shape index (κ1) is 13.3. The molecule has 0 bridgehead atoms. The molecule has 1 aliphatic rings. The van der Waals surface area contributed by atoms with Crippen LogP contribution in [0.4, 0.5) is 10.1 Å². The molecule has 2 unspecified atom stereocenters. The van der Waals surface area contributed by atoms with Gasteiger partial charge in [0.2, 0.25) is 0 Å². The minimum atomic E-state index is -0.795. The van der Waals surface area contributed by atoms with Gasteiger partial charge in [0.1, 0.15) is 5.82 Å². The molecule has 2 rings (SSSR count). The molecule has 1 aromatic carbocycles. The molecule has 2 atom stereocenters. The Labute approximate surface area is 107 Å².